The first-order valence-electron chi connectivity index (χ1n) is 14.4. The third-order valence-corrected chi connectivity index (χ3v) is 6.01. The van der Waals surface area contributed by atoms with Gasteiger partial charge in [0.15, 0.2) is 29.8 Å². The first-order valence-corrected chi connectivity index (χ1v) is 14.4. The SMILES string of the molecule is C=O.CNc1ccc(CCCc2ccc(C=O)c(NC)c2)cc1C.CO.COC.N=c1ccc(C=O)nn1N.N=c1ccc(C=O)nn1N. The predicted octanol–water partition coefficient (Wildman–Crippen LogP) is 1.53. The van der Waals surface area contributed by atoms with E-state index < -0.39 is 0 Å². The molecule has 2 aromatic heterocycles. The molecule has 2 aromatic carbocycles. The Kier molecular flexibility index (Phi) is 25.0. The highest BCUT2D eigenvalue weighted by molar-refractivity contribution is 5.84. The van der Waals surface area contributed by atoms with Gasteiger partial charge in [-0.05, 0) is 85.3 Å². The van der Waals surface area contributed by atoms with Crippen molar-refractivity contribution >= 4 is 37.0 Å². The molecule has 0 bridgehead atoms. The van der Waals surface area contributed by atoms with E-state index in [0.717, 1.165) is 47.9 Å². The van der Waals surface area contributed by atoms with Gasteiger partial charge in [0.1, 0.15) is 18.2 Å². The maximum Gasteiger partial charge on any atom is 0.170 e. The minimum atomic E-state index is 0.0607. The van der Waals surface area contributed by atoms with Crippen molar-refractivity contribution in [3.63, 3.8) is 0 Å². The number of nitrogens with two attached hydrogens (primary N) is 2. The molecule has 0 aliphatic heterocycles. The molecule has 16 heteroatoms. The van der Waals surface area contributed by atoms with Crippen LogP contribution in [0.3, 0.4) is 0 Å². The lowest BCUT2D eigenvalue weighted by Gasteiger charge is -2.09. The van der Waals surface area contributed by atoms with Crippen LogP contribution in [0.15, 0.2) is 60.7 Å². The quantitative estimate of drug-likeness (QED) is 0.0981. The van der Waals surface area contributed by atoms with E-state index in [1.807, 2.05) is 33.0 Å². The largest absolute Gasteiger partial charge is 0.400 e. The van der Waals surface area contributed by atoms with Crippen molar-refractivity contribution in [3.8, 4) is 0 Å². The van der Waals surface area contributed by atoms with E-state index in [0.29, 0.717) is 18.1 Å². The number of aromatic nitrogens is 4. The molecule has 0 aliphatic rings. The van der Waals surface area contributed by atoms with Gasteiger partial charge in [-0.3, -0.25) is 25.2 Å². The van der Waals surface area contributed by atoms with E-state index in [-0.39, 0.29) is 22.4 Å². The molecule has 0 radical (unpaired) electrons. The van der Waals surface area contributed by atoms with Crippen LogP contribution >= 0.6 is 0 Å². The van der Waals surface area contributed by atoms with E-state index in [2.05, 4.69) is 56.8 Å². The number of methoxy groups -OCH3 is 1. The zero-order valence-electron chi connectivity index (χ0n) is 28.8. The van der Waals surface area contributed by atoms with Gasteiger partial charge in [0, 0.05) is 52.4 Å². The molecule has 0 fully saturated rings. The summed E-state index contributed by atoms with van der Waals surface area (Å²) in [5.41, 5.74) is 7.28. The number of aliphatic hydroxyl groups excluding tert-OH is 1. The van der Waals surface area contributed by atoms with Crippen molar-refractivity contribution in [2.24, 2.45) is 0 Å². The molecular weight excluding hydrogens is 632 g/mol. The van der Waals surface area contributed by atoms with Crippen molar-refractivity contribution in [2.45, 2.75) is 26.2 Å². The molecule has 0 spiro atoms. The van der Waals surface area contributed by atoms with Crippen LogP contribution in [0.5, 0.6) is 0 Å². The van der Waals surface area contributed by atoms with Crippen molar-refractivity contribution < 1.29 is 29.0 Å². The number of ether oxygens (including phenoxy) is 1. The molecule has 0 atom stereocenters. The minimum absolute atomic E-state index is 0.0607. The molecule has 16 nitrogen and oxygen atoms in total. The van der Waals surface area contributed by atoms with Crippen LogP contribution in [0.2, 0.25) is 0 Å². The number of carbonyl (C=O) groups is 4. The summed E-state index contributed by atoms with van der Waals surface area (Å²) in [6.45, 7) is 4.13. The van der Waals surface area contributed by atoms with E-state index in [1.54, 1.807) is 14.2 Å². The van der Waals surface area contributed by atoms with Gasteiger partial charge in [0.2, 0.25) is 0 Å². The number of anilines is 2. The van der Waals surface area contributed by atoms with Crippen LogP contribution in [0.1, 0.15) is 54.4 Å². The Morgan fingerprint density at radius 1 is 0.755 bits per heavy atom. The topological polar surface area (TPSA) is 257 Å². The molecule has 0 unspecified atom stereocenters. The van der Waals surface area contributed by atoms with E-state index >= 15 is 0 Å². The zero-order valence-corrected chi connectivity index (χ0v) is 28.8. The smallest absolute Gasteiger partial charge is 0.170 e. The minimum Gasteiger partial charge on any atom is -0.400 e. The van der Waals surface area contributed by atoms with E-state index in [9.17, 15) is 14.4 Å². The van der Waals surface area contributed by atoms with Gasteiger partial charge in [-0.15, -0.1) is 10.2 Å². The maximum absolute atomic E-state index is 10.9. The van der Waals surface area contributed by atoms with Gasteiger partial charge in [0.25, 0.3) is 0 Å². The van der Waals surface area contributed by atoms with E-state index in [1.165, 1.54) is 46.6 Å². The number of aliphatic hydroxyl groups is 1. The average molecular weight is 681 g/mol. The molecule has 0 saturated heterocycles. The second-order valence-corrected chi connectivity index (χ2v) is 9.36. The van der Waals surface area contributed by atoms with Gasteiger partial charge >= 0.3 is 0 Å². The molecule has 0 aliphatic carbocycles. The van der Waals surface area contributed by atoms with Crippen LogP contribution in [0.4, 0.5) is 11.4 Å². The number of hydrogen-bond donors (Lipinski definition) is 7. The number of hydrogen-bond acceptors (Lipinski definition) is 14. The summed E-state index contributed by atoms with van der Waals surface area (Å²) in [4.78, 5) is 40.8. The van der Waals surface area contributed by atoms with Crippen molar-refractivity contribution in [1.82, 2.24) is 19.8 Å². The predicted molar refractivity (Wildman–Crippen MR) is 190 cm³/mol. The summed E-state index contributed by atoms with van der Waals surface area (Å²) < 4.78 is 4.25. The fraction of sp³-hybridized carbons (Fsp3) is 0.273. The molecule has 0 amide bonds. The lowest BCUT2D eigenvalue weighted by molar-refractivity contribution is -0.0980. The van der Waals surface area contributed by atoms with Gasteiger partial charge in [-0.2, -0.15) is 9.58 Å². The average Bonchev–Trinajstić information content (AvgIpc) is 3.13. The highest BCUT2D eigenvalue weighted by atomic mass is 16.4. The Morgan fingerprint density at radius 3 is 1.55 bits per heavy atom. The van der Waals surface area contributed by atoms with Crippen LogP contribution in [-0.2, 0) is 22.4 Å². The van der Waals surface area contributed by atoms with Crippen molar-refractivity contribution in [1.29, 1.82) is 10.8 Å². The Balaban J connectivity index is 0. The summed E-state index contributed by atoms with van der Waals surface area (Å²) in [7, 11) is 8.04. The zero-order chi connectivity index (χ0) is 37.8. The highest BCUT2D eigenvalue weighted by Gasteiger charge is 2.03. The van der Waals surface area contributed by atoms with Gasteiger partial charge in [0.05, 0.1) is 0 Å². The highest BCUT2D eigenvalue weighted by Crippen LogP contribution is 2.19. The molecule has 9 N–H and O–H groups in total. The summed E-state index contributed by atoms with van der Waals surface area (Å²) >= 11 is 0. The van der Waals surface area contributed by atoms with Crippen molar-refractivity contribution in [3.05, 3.63) is 105 Å². The number of aldehydes is 3. The second kappa shape index (κ2) is 27.1. The van der Waals surface area contributed by atoms with Crippen LogP contribution in [0, 0.1) is 17.7 Å². The lowest BCUT2D eigenvalue weighted by Crippen LogP contribution is -2.29. The first-order chi connectivity index (χ1) is 23.6. The van der Waals surface area contributed by atoms with Crippen LogP contribution in [-0.4, -0.2) is 86.0 Å². The fourth-order valence-electron chi connectivity index (χ4n) is 3.77. The summed E-state index contributed by atoms with van der Waals surface area (Å²) in [5, 5.41) is 34.4. The normalized spacial score (nSPS) is 8.96. The number of rotatable bonds is 9. The number of aryl methyl sites for hydroxylation is 3. The first kappa shape index (κ1) is 45.1. The molecule has 4 aromatic rings. The summed E-state index contributed by atoms with van der Waals surface area (Å²) in [5.74, 6) is 10.3. The number of nitrogen functional groups attached to an aromatic ring is 2. The molecule has 2 heterocycles. The van der Waals surface area contributed by atoms with E-state index in [4.69, 9.17) is 32.4 Å². The van der Waals surface area contributed by atoms with Gasteiger partial charge in [-0.1, -0.05) is 18.2 Å². The number of nitrogens with one attached hydrogen (secondary N) is 4. The summed E-state index contributed by atoms with van der Waals surface area (Å²) in [6, 6.07) is 18.2. The molecule has 4 rings (SSSR count). The lowest BCUT2D eigenvalue weighted by atomic mass is 10.0. The van der Waals surface area contributed by atoms with Gasteiger partial charge in [-0.25, -0.2) is 0 Å². The fourth-order valence-corrected chi connectivity index (χ4v) is 3.77. The Labute approximate surface area is 285 Å². The third kappa shape index (κ3) is 17.5. The molecule has 0 saturated carbocycles. The number of carbonyl (C=O) groups excluding carboxylic acids is 4. The van der Waals surface area contributed by atoms with Crippen molar-refractivity contribution in [2.75, 3.05) is 57.7 Å². The Bertz CT molecular complexity index is 1610. The number of benzene rings is 2. The second-order valence-electron chi connectivity index (χ2n) is 9.36. The monoisotopic (exact) mass is 680 g/mol. The summed E-state index contributed by atoms with van der Waals surface area (Å²) in [6.07, 6.45) is 5.21. The maximum atomic E-state index is 10.9. The van der Waals surface area contributed by atoms with Crippen LogP contribution < -0.4 is 33.3 Å². The third-order valence-electron chi connectivity index (χ3n) is 6.01. The molecule has 49 heavy (non-hydrogen) atoms. The van der Waals surface area contributed by atoms with Crippen LogP contribution in [0.25, 0.3) is 0 Å². The molecule has 266 valence electrons. The standard InChI is InChI=1S/C19H24N2O.2C5H6N4O.C2H6O.CH4O.CH2O/c1-14-11-15(8-10-18(14)20-2)5-4-6-16-7-9-17(13-22)19(12-16)21-3;2*6-5-2-1-4(3-10)8-9(5)7;1-3-2;2*1-2/h7-13,20-21H,4-6H2,1-3H3;2*1-3,6H,7H2;1-2H3;2H,1H3;1H2. The molecular formula is C33H48N10O6. The Hall–Kier alpha value is -6.00. The van der Waals surface area contributed by atoms with Gasteiger partial charge < -0.3 is 37.0 Å². The number of nitrogens with zero attached hydrogens (tertiary/aromatic N) is 4. The Morgan fingerprint density at radius 2 is 1.18 bits per heavy atom.